The van der Waals surface area contributed by atoms with Crippen molar-refractivity contribution in [3.8, 4) is 11.4 Å². The standard InChI is InChI=1S/C18H15ClN6OS/c1-11-5-4-8-24-15(26)9-12(21-16(11)24)10-27-18-23-22-17(25(18)20)13-6-2-3-7-14(13)19/h2-9H,10,20H2,1H3. The van der Waals surface area contributed by atoms with Crippen molar-refractivity contribution < 1.29 is 0 Å². The van der Waals surface area contributed by atoms with Crippen molar-refractivity contribution in [3.63, 3.8) is 0 Å². The zero-order valence-electron chi connectivity index (χ0n) is 14.3. The Hall–Kier alpha value is -2.84. The van der Waals surface area contributed by atoms with Gasteiger partial charge in [0.25, 0.3) is 5.56 Å². The van der Waals surface area contributed by atoms with Crippen molar-refractivity contribution in [3.05, 3.63) is 75.3 Å². The Kier molecular flexibility index (Phi) is 4.59. The van der Waals surface area contributed by atoms with Crippen LogP contribution in [0.5, 0.6) is 0 Å². The summed E-state index contributed by atoms with van der Waals surface area (Å²) in [6, 6.07) is 12.6. The number of halogens is 1. The number of nitrogens with two attached hydrogens (primary N) is 1. The van der Waals surface area contributed by atoms with Gasteiger partial charge in [0.05, 0.1) is 10.7 Å². The van der Waals surface area contributed by atoms with E-state index in [2.05, 4.69) is 15.2 Å². The van der Waals surface area contributed by atoms with Crippen molar-refractivity contribution in [1.29, 1.82) is 0 Å². The van der Waals surface area contributed by atoms with Gasteiger partial charge in [0.15, 0.2) is 5.82 Å². The van der Waals surface area contributed by atoms with E-state index in [1.807, 2.05) is 37.3 Å². The average Bonchev–Trinajstić information content (AvgIpc) is 3.02. The lowest BCUT2D eigenvalue weighted by molar-refractivity contribution is 0.848. The normalized spacial score (nSPS) is 11.2. The molecule has 4 aromatic rings. The number of rotatable bonds is 4. The minimum atomic E-state index is -0.120. The van der Waals surface area contributed by atoms with E-state index in [0.717, 1.165) is 5.56 Å². The summed E-state index contributed by atoms with van der Waals surface area (Å²) in [5.41, 5.74) is 2.82. The third-order valence-corrected chi connectivity index (χ3v) is 5.37. The molecule has 0 atom stereocenters. The quantitative estimate of drug-likeness (QED) is 0.420. The fraction of sp³-hybridized carbons (Fsp3) is 0.111. The number of thioether (sulfide) groups is 1. The SMILES string of the molecule is Cc1cccn2c(=O)cc(CSc3nnc(-c4ccccc4Cl)n3N)nc12. The Morgan fingerprint density at radius 2 is 2.00 bits per heavy atom. The maximum Gasteiger partial charge on any atom is 0.258 e. The Bertz CT molecular complexity index is 1200. The molecule has 0 aliphatic heterocycles. The molecule has 0 spiro atoms. The smallest absolute Gasteiger partial charge is 0.258 e. The van der Waals surface area contributed by atoms with E-state index >= 15 is 0 Å². The second-order valence-electron chi connectivity index (χ2n) is 5.92. The van der Waals surface area contributed by atoms with E-state index in [4.69, 9.17) is 17.4 Å². The topological polar surface area (TPSA) is 91.1 Å². The largest absolute Gasteiger partial charge is 0.335 e. The Morgan fingerprint density at radius 3 is 2.81 bits per heavy atom. The second-order valence-corrected chi connectivity index (χ2v) is 7.26. The molecule has 7 nitrogen and oxygen atoms in total. The summed E-state index contributed by atoms with van der Waals surface area (Å²) in [7, 11) is 0. The van der Waals surface area contributed by atoms with Gasteiger partial charge in [0.1, 0.15) is 5.65 Å². The number of benzene rings is 1. The predicted octanol–water partition coefficient (Wildman–Crippen LogP) is 2.92. The highest BCUT2D eigenvalue weighted by atomic mass is 35.5. The van der Waals surface area contributed by atoms with Crippen LogP contribution in [0.2, 0.25) is 5.02 Å². The lowest BCUT2D eigenvalue weighted by Gasteiger charge is -2.07. The number of aromatic nitrogens is 5. The molecule has 0 saturated carbocycles. The third kappa shape index (κ3) is 3.29. The van der Waals surface area contributed by atoms with Crippen molar-refractivity contribution >= 4 is 29.0 Å². The molecule has 4 rings (SSSR count). The van der Waals surface area contributed by atoms with Gasteiger partial charge in [-0.1, -0.05) is 41.6 Å². The van der Waals surface area contributed by atoms with Gasteiger partial charge in [-0.25, -0.2) is 9.66 Å². The summed E-state index contributed by atoms with van der Waals surface area (Å²) >= 11 is 7.57. The second kappa shape index (κ2) is 7.05. The molecule has 1 aromatic carbocycles. The number of fused-ring (bicyclic) bond motifs is 1. The van der Waals surface area contributed by atoms with Gasteiger partial charge in [-0.15, -0.1) is 10.2 Å². The summed E-state index contributed by atoms with van der Waals surface area (Å²) in [5, 5.41) is 9.33. The first-order chi connectivity index (χ1) is 13.0. The molecule has 0 aliphatic carbocycles. The van der Waals surface area contributed by atoms with Gasteiger partial charge >= 0.3 is 0 Å². The number of aryl methyl sites for hydroxylation is 1. The third-order valence-electron chi connectivity index (χ3n) is 4.07. The van der Waals surface area contributed by atoms with Crippen molar-refractivity contribution in [2.75, 3.05) is 5.84 Å². The molecule has 136 valence electrons. The first-order valence-corrected chi connectivity index (χ1v) is 9.47. The molecule has 0 saturated heterocycles. The van der Waals surface area contributed by atoms with E-state index < -0.39 is 0 Å². The van der Waals surface area contributed by atoms with E-state index in [1.54, 1.807) is 12.3 Å². The fourth-order valence-corrected chi connectivity index (χ4v) is 3.69. The molecule has 3 aromatic heterocycles. The Balaban J connectivity index is 1.62. The summed E-state index contributed by atoms with van der Waals surface area (Å²) in [5.74, 6) is 7.06. The van der Waals surface area contributed by atoms with Crippen LogP contribution in [-0.4, -0.2) is 24.3 Å². The maximum absolute atomic E-state index is 12.3. The van der Waals surface area contributed by atoms with Crippen LogP contribution in [0.15, 0.2) is 58.6 Å². The van der Waals surface area contributed by atoms with Crippen LogP contribution in [0.3, 0.4) is 0 Å². The maximum atomic E-state index is 12.3. The number of hydrogen-bond donors (Lipinski definition) is 1. The van der Waals surface area contributed by atoms with Crippen molar-refractivity contribution in [2.24, 2.45) is 0 Å². The van der Waals surface area contributed by atoms with Crippen LogP contribution in [0, 0.1) is 6.92 Å². The highest BCUT2D eigenvalue weighted by Crippen LogP contribution is 2.28. The molecule has 0 unspecified atom stereocenters. The molecule has 3 heterocycles. The number of nitrogens with zero attached hydrogens (tertiary/aromatic N) is 5. The van der Waals surface area contributed by atoms with Crippen molar-refractivity contribution in [1.82, 2.24) is 24.3 Å². The molecule has 9 heteroatoms. The summed E-state index contributed by atoms with van der Waals surface area (Å²) < 4.78 is 2.93. The van der Waals surface area contributed by atoms with E-state index in [0.29, 0.717) is 38.7 Å². The van der Waals surface area contributed by atoms with Gasteiger partial charge in [-0.05, 0) is 30.7 Å². The van der Waals surface area contributed by atoms with E-state index in [9.17, 15) is 4.79 Å². The summed E-state index contributed by atoms with van der Waals surface area (Å²) in [6.07, 6.45) is 1.71. The molecular formula is C18H15ClN6OS. The molecule has 2 N–H and O–H groups in total. The molecule has 0 radical (unpaired) electrons. The Labute approximate surface area is 163 Å². The fourth-order valence-electron chi connectivity index (χ4n) is 2.72. The summed E-state index contributed by atoms with van der Waals surface area (Å²) in [6.45, 7) is 1.92. The number of hydrogen-bond acceptors (Lipinski definition) is 6. The zero-order chi connectivity index (χ0) is 19.0. The van der Waals surface area contributed by atoms with Crippen LogP contribution in [0.25, 0.3) is 17.0 Å². The van der Waals surface area contributed by atoms with Crippen LogP contribution >= 0.6 is 23.4 Å². The molecular weight excluding hydrogens is 384 g/mol. The van der Waals surface area contributed by atoms with Crippen LogP contribution in [0.4, 0.5) is 0 Å². The van der Waals surface area contributed by atoms with Crippen LogP contribution < -0.4 is 11.4 Å². The molecule has 0 fully saturated rings. The summed E-state index contributed by atoms with van der Waals surface area (Å²) in [4.78, 5) is 16.9. The van der Waals surface area contributed by atoms with Gasteiger partial charge in [0, 0.05) is 23.6 Å². The molecule has 0 aliphatic rings. The highest BCUT2D eigenvalue weighted by Gasteiger charge is 2.15. The van der Waals surface area contributed by atoms with Gasteiger partial charge in [-0.3, -0.25) is 9.20 Å². The molecule has 27 heavy (non-hydrogen) atoms. The van der Waals surface area contributed by atoms with Gasteiger partial charge in [0.2, 0.25) is 5.16 Å². The van der Waals surface area contributed by atoms with Crippen LogP contribution in [0.1, 0.15) is 11.3 Å². The first-order valence-electron chi connectivity index (χ1n) is 8.10. The lowest BCUT2D eigenvalue weighted by atomic mass is 10.2. The zero-order valence-corrected chi connectivity index (χ0v) is 15.9. The minimum Gasteiger partial charge on any atom is -0.335 e. The van der Waals surface area contributed by atoms with Crippen molar-refractivity contribution in [2.45, 2.75) is 17.8 Å². The number of nitrogen functional groups attached to an aromatic ring is 1. The average molecular weight is 399 g/mol. The predicted molar refractivity (Wildman–Crippen MR) is 106 cm³/mol. The van der Waals surface area contributed by atoms with E-state index in [-0.39, 0.29) is 5.56 Å². The number of pyridine rings is 1. The monoisotopic (exact) mass is 398 g/mol. The van der Waals surface area contributed by atoms with E-state index in [1.165, 1.54) is 26.9 Å². The van der Waals surface area contributed by atoms with Crippen LogP contribution in [-0.2, 0) is 5.75 Å². The Morgan fingerprint density at radius 1 is 1.19 bits per heavy atom. The van der Waals surface area contributed by atoms with Gasteiger partial charge in [-0.2, -0.15) is 0 Å². The lowest BCUT2D eigenvalue weighted by Crippen LogP contribution is -2.16. The highest BCUT2D eigenvalue weighted by molar-refractivity contribution is 7.98. The first kappa shape index (κ1) is 17.6. The minimum absolute atomic E-state index is 0.120. The molecule has 0 bridgehead atoms. The molecule has 0 amide bonds. The van der Waals surface area contributed by atoms with Gasteiger partial charge < -0.3 is 5.84 Å².